The Labute approximate surface area is 170 Å². The van der Waals surface area contributed by atoms with E-state index >= 15 is 0 Å². The van der Waals surface area contributed by atoms with E-state index in [1.165, 1.54) is 0 Å². The average molecular weight is 406 g/mol. The first-order chi connectivity index (χ1) is 12.9. The van der Waals surface area contributed by atoms with Crippen molar-refractivity contribution in [2.75, 3.05) is 38.6 Å². The quantitative estimate of drug-likeness (QED) is 0.640. The number of imidazole rings is 1. The van der Waals surface area contributed by atoms with E-state index in [0.717, 1.165) is 47.8 Å². The molecule has 0 amide bonds. The maximum Gasteiger partial charge on any atom is 0.138 e. The van der Waals surface area contributed by atoms with Gasteiger partial charge in [0.15, 0.2) is 0 Å². The van der Waals surface area contributed by atoms with Gasteiger partial charge in [-0.2, -0.15) is 0 Å². The first kappa shape index (κ1) is 20.0. The maximum atomic E-state index is 6.47. The minimum atomic E-state index is 0.408. The molecule has 144 valence electrons. The number of hydrogen-bond acceptors (Lipinski definition) is 4. The fourth-order valence-electron chi connectivity index (χ4n) is 3.16. The number of pyridine rings is 1. The lowest BCUT2D eigenvalue weighted by atomic mass is 10.0. The zero-order chi connectivity index (χ0) is 19.6. The van der Waals surface area contributed by atoms with E-state index in [4.69, 9.17) is 28.9 Å². The van der Waals surface area contributed by atoms with Crippen LogP contribution in [0, 0.1) is 0 Å². The molecule has 0 bridgehead atoms. The number of anilines is 1. The summed E-state index contributed by atoms with van der Waals surface area (Å²) in [5, 5.41) is 1.22. The van der Waals surface area contributed by atoms with E-state index in [9.17, 15) is 0 Å². The number of halogens is 2. The molecule has 0 fully saturated rings. The van der Waals surface area contributed by atoms with Crippen LogP contribution in [0.5, 0.6) is 0 Å². The highest BCUT2D eigenvalue weighted by atomic mass is 35.5. The minimum absolute atomic E-state index is 0.408. The summed E-state index contributed by atoms with van der Waals surface area (Å²) in [6, 6.07) is 7.57. The first-order valence-corrected chi connectivity index (χ1v) is 9.75. The van der Waals surface area contributed by atoms with Crippen LogP contribution in [0.4, 0.5) is 5.82 Å². The van der Waals surface area contributed by atoms with Gasteiger partial charge in [-0.25, -0.2) is 4.98 Å². The predicted molar refractivity (Wildman–Crippen MR) is 115 cm³/mol. The Hall–Kier alpha value is -1.79. The van der Waals surface area contributed by atoms with Crippen molar-refractivity contribution in [3.8, 4) is 11.1 Å². The average Bonchev–Trinajstić information content (AvgIpc) is 3.04. The predicted octanol–water partition coefficient (Wildman–Crippen LogP) is 4.15. The molecule has 27 heavy (non-hydrogen) atoms. The second kappa shape index (κ2) is 8.48. The fraction of sp³-hybridized carbons (Fsp3) is 0.350. The van der Waals surface area contributed by atoms with Crippen molar-refractivity contribution < 1.29 is 0 Å². The fourth-order valence-corrected chi connectivity index (χ4v) is 3.67. The van der Waals surface area contributed by atoms with E-state index in [-0.39, 0.29) is 0 Å². The standard InChI is InChI=1S/C20H25Cl2N5/c1-4-26(8-7-25(2)3)20-12-24-19-9-14(11-23)17(13-27(19)20)16-6-5-15(21)10-18(16)22/h5-6,9-10,12-13H,4,7-8,11,23H2,1-3H3. The third kappa shape index (κ3) is 4.22. The van der Waals surface area contributed by atoms with Gasteiger partial charge < -0.3 is 15.5 Å². The van der Waals surface area contributed by atoms with Crippen molar-refractivity contribution in [2.45, 2.75) is 13.5 Å². The highest BCUT2D eigenvalue weighted by molar-refractivity contribution is 6.36. The Balaban J connectivity index is 2.12. The van der Waals surface area contributed by atoms with Crippen molar-refractivity contribution in [3.63, 3.8) is 0 Å². The van der Waals surface area contributed by atoms with Crippen LogP contribution >= 0.6 is 23.2 Å². The van der Waals surface area contributed by atoms with Gasteiger partial charge in [-0.1, -0.05) is 29.3 Å². The van der Waals surface area contributed by atoms with E-state index in [2.05, 4.69) is 46.4 Å². The van der Waals surface area contributed by atoms with Gasteiger partial charge in [-0.15, -0.1) is 0 Å². The van der Waals surface area contributed by atoms with Crippen LogP contribution in [-0.2, 0) is 6.54 Å². The summed E-state index contributed by atoms with van der Waals surface area (Å²) >= 11 is 12.5. The number of aromatic nitrogens is 2. The van der Waals surface area contributed by atoms with Crippen molar-refractivity contribution in [3.05, 3.63) is 52.3 Å². The van der Waals surface area contributed by atoms with Gasteiger partial charge in [0.25, 0.3) is 0 Å². The van der Waals surface area contributed by atoms with Crippen LogP contribution < -0.4 is 10.6 Å². The molecule has 3 aromatic rings. The number of nitrogens with zero attached hydrogens (tertiary/aromatic N) is 4. The van der Waals surface area contributed by atoms with Crippen molar-refractivity contribution in [2.24, 2.45) is 5.73 Å². The van der Waals surface area contributed by atoms with Gasteiger partial charge >= 0.3 is 0 Å². The third-order valence-corrected chi connectivity index (χ3v) is 5.23. The van der Waals surface area contributed by atoms with Gasteiger partial charge in [0.1, 0.15) is 11.5 Å². The first-order valence-electron chi connectivity index (χ1n) is 8.99. The molecule has 0 radical (unpaired) electrons. The summed E-state index contributed by atoms with van der Waals surface area (Å²) in [6.45, 7) is 5.35. The van der Waals surface area contributed by atoms with Crippen molar-refractivity contribution in [1.29, 1.82) is 0 Å². The molecule has 2 heterocycles. The number of hydrogen-bond donors (Lipinski definition) is 1. The van der Waals surface area contributed by atoms with E-state index in [1.807, 2.05) is 24.4 Å². The van der Waals surface area contributed by atoms with Crippen LogP contribution in [0.25, 0.3) is 16.8 Å². The molecule has 0 spiro atoms. The Bertz CT molecular complexity index is 936. The van der Waals surface area contributed by atoms with Gasteiger partial charge in [-0.05, 0) is 44.8 Å². The number of fused-ring (bicyclic) bond motifs is 1. The van der Waals surface area contributed by atoms with E-state index in [1.54, 1.807) is 6.07 Å². The summed E-state index contributed by atoms with van der Waals surface area (Å²) < 4.78 is 2.11. The molecule has 0 aliphatic heterocycles. The second-order valence-electron chi connectivity index (χ2n) is 6.77. The highest BCUT2D eigenvalue weighted by Gasteiger charge is 2.15. The molecular weight excluding hydrogens is 381 g/mol. The molecule has 5 nitrogen and oxygen atoms in total. The number of likely N-dealkylation sites (N-methyl/N-ethyl adjacent to an activating group) is 2. The summed E-state index contributed by atoms with van der Waals surface area (Å²) in [4.78, 5) is 9.09. The van der Waals surface area contributed by atoms with Gasteiger partial charge in [0, 0.05) is 53.5 Å². The summed E-state index contributed by atoms with van der Waals surface area (Å²) in [6.07, 6.45) is 4.00. The molecule has 0 saturated carbocycles. The molecular formula is C20H25Cl2N5. The lowest BCUT2D eigenvalue weighted by Crippen LogP contribution is -2.32. The summed E-state index contributed by atoms with van der Waals surface area (Å²) in [5.74, 6) is 1.06. The van der Waals surface area contributed by atoms with Crippen LogP contribution in [0.15, 0.2) is 36.7 Å². The normalized spacial score (nSPS) is 11.5. The monoisotopic (exact) mass is 405 g/mol. The molecule has 0 saturated heterocycles. The molecule has 0 atom stereocenters. The lowest BCUT2D eigenvalue weighted by molar-refractivity contribution is 0.413. The van der Waals surface area contributed by atoms with Gasteiger partial charge in [0.05, 0.1) is 6.20 Å². The Morgan fingerprint density at radius 3 is 2.52 bits per heavy atom. The molecule has 3 rings (SSSR count). The molecule has 2 aromatic heterocycles. The summed E-state index contributed by atoms with van der Waals surface area (Å²) in [5.41, 5.74) is 9.80. The smallest absolute Gasteiger partial charge is 0.138 e. The third-order valence-electron chi connectivity index (χ3n) is 4.68. The Morgan fingerprint density at radius 2 is 1.89 bits per heavy atom. The Kier molecular flexibility index (Phi) is 6.27. The van der Waals surface area contributed by atoms with Crippen LogP contribution in [0.1, 0.15) is 12.5 Å². The highest BCUT2D eigenvalue weighted by Crippen LogP contribution is 2.34. The SMILES string of the molecule is CCN(CCN(C)C)c1cnc2cc(CN)c(-c3ccc(Cl)cc3Cl)cn12. The van der Waals surface area contributed by atoms with E-state index in [0.29, 0.717) is 16.6 Å². The zero-order valence-electron chi connectivity index (χ0n) is 15.9. The second-order valence-corrected chi connectivity index (χ2v) is 7.61. The number of nitrogens with two attached hydrogens (primary N) is 1. The molecule has 7 heteroatoms. The lowest BCUT2D eigenvalue weighted by Gasteiger charge is -2.24. The Morgan fingerprint density at radius 1 is 1.11 bits per heavy atom. The topological polar surface area (TPSA) is 49.8 Å². The molecule has 1 aromatic carbocycles. The number of benzene rings is 1. The maximum absolute atomic E-state index is 6.47. The molecule has 0 unspecified atom stereocenters. The number of rotatable bonds is 7. The molecule has 0 aliphatic carbocycles. The molecule has 0 aliphatic rings. The van der Waals surface area contributed by atoms with Crippen LogP contribution in [0.3, 0.4) is 0 Å². The molecule has 2 N–H and O–H groups in total. The zero-order valence-corrected chi connectivity index (χ0v) is 17.4. The largest absolute Gasteiger partial charge is 0.355 e. The van der Waals surface area contributed by atoms with Gasteiger partial charge in [0.2, 0.25) is 0 Å². The minimum Gasteiger partial charge on any atom is -0.355 e. The van der Waals surface area contributed by atoms with Crippen molar-refractivity contribution in [1.82, 2.24) is 14.3 Å². The van der Waals surface area contributed by atoms with Gasteiger partial charge in [-0.3, -0.25) is 4.40 Å². The van der Waals surface area contributed by atoms with Crippen molar-refractivity contribution >= 4 is 34.7 Å². The van der Waals surface area contributed by atoms with Crippen LogP contribution in [0.2, 0.25) is 10.0 Å². The van der Waals surface area contributed by atoms with Crippen LogP contribution in [-0.4, -0.2) is 48.0 Å². The van der Waals surface area contributed by atoms with E-state index < -0.39 is 0 Å². The summed E-state index contributed by atoms with van der Waals surface area (Å²) in [7, 11) is 4.16.